The number of rotatable bonds is 16. The quantitative estimate of drug-likeness (QED) is 0.0694. The van der Waals surface area contributed by atoms with E-state index in [4.69, 9.17) is 10.7 Å². The average molecular weight is 564 g/mol. The smallest absolute Gasteiger partial charge is 0.100 e. The summed E-state index contributed by atoms with van der Waals surface area (Å²) in [6.45, 7) is 12.7. The number of halogens is 1. The molecule has 2 aliphatic rings. The zero-order chi connectivity index (χ0) is 29.8. The molecule has 0 radical (unpaired) electrons. The molecule has 0 spiro atoms. The molecule has 1 aromatic rings. The number of hydrazine groups is 1. The molecule has 0 bridgehead atoms. The van der Waals surface area contributed by atoms with Crippen LogP contribution >= 0.6 is 0 Å². The second-order valence-electron chi connectivity index (χ2n) is 11.9. The first kappa shape index (κ1) is 32.8. The molecular weight excluding hydrogens is 509 g/mol. The highest BCUT2D eigenvalue weighted by Crippen LogP contribution is 2.36. The normalized spacial score (nSPS) is 20.8. The number of likely N-dealkylation sites (N-methyl/N-ethyl adjacent to an activating group) is 1. The van der Waals surface area contributed by atoms with Crippen LogP contribution in [0.2, 0.25) is 0 Å². The van der Waals surface area contributed by atoms with Gasteiger partial charge < -0.3 is 10.6 Å². The number of aliphatic imine (C=N–C) groups is 1. The molecule has 5 nitrogen and oxygen atoms in total. The van der Waals surface area contributed by atoms with Crippen LogP contribution < -0.4 is 11.2 Å². The molecule has 0 saturated carbocycles. The summed E-state index contributed by atoms with van der Waals surface area (Å²) >= 11 is 0. The van der Waals surface area contributed by atoms with Crippen molar-refractivity contribution in [3.05, 3.63) is 66.0 Å². The second kappa shape index (κ2) is 16.1. The maximum absolute atomic E-state index is 13.8. The van der Waals surface area contributed by atoms with Crippen LogP contribution in [0.3, 0.4) is 0 Å². The van der Waals surface area contributed by atoms with Gasteiger partial charge in [-0.2, -0.15) is 0 Å². The van der Waals surface area contributed by atoms with Gasteiger partial charge in [0.2, 0.25) is 0 Å². The molecule has 0 aromatic heterocycles. The standard InChI is InChI=1S/C35H54FN5/c1-7-13-27(4)15-11-10-12-16-32(28-17-20-30(36)21-18-28)39-33-22-19-29(25-31(33)37)34(14-8-2)41-24-23-35(9-3,26-41)40(6)38-5/h9,14,17,19-20,22,25,27,38H,3,7-8,10-13,15-16,18,21,23-24,26,37H2,1-2,4-6H3/b34-14-,39-32?. The molecule has 6 heteroatoms. The zero-order valence-electron chi connectivity index (χ0n) is 26.3. The molecule has 2 atom stereocenters. The minimum absolute atomic E-state index is 0.0552. The van der Waals surface area contributed by atoms with Crippen molar-refractivity contribution in [1.29, 1.82) is 0 Å². The lowest BCUT2D eigenvalue weighted by atomic mass is 9.94. The number of nitrogens with zero attached hydrogens (tertiary/aromatic N) is 3. The first-order valence-electron chi connectivity index (χ1n) is 15.8. The summed E-state index contributed by atoms with van der Waals surface area (Å²) in [4.78, 5) is 7.54. The maximum atomic E-state index is 13.8. The van der Waals surface area contributed by atoms with Crippen molar-refractivity contribution in [1.82, 2.24) is 15.3 Å². The topological polar surface area (TPSA) is 56.9 Å². The van der Waals surface area contributed by atoms with E-state index in [1.807, 2.05) is 13.1 Å². The Morgan fingerprint density at radius 3 is 2.66 bits per heavy atom. The molecular formula is C35H54FN5. The van der Waals surface area contributed by atoms with Gasteiger partial charge in [-0.1, -0.05) is 77.2 Å². The molecule has 1 fully saturated rings. The second-order valence-corrected chi connectivity index (χ2v) is 11.9. The largest absolute Gasteiger partial charge is 0.397 e. The van der Waals surface area contributed by atoms with Gasteiger partial charge in [0, 0.05) is 38.0 Å². The lowest BCUT2D eigenvalue weighted by Crippen LogP contribution is -2.52. The highest BCUT2D eigenvalue weighted by molar-refractivity contribution is 6.02. The minimum Gasteiger partial charge on any atom is -0.397 e. The molecule has 1 aliphatic carbocycles. The van der Waals surface area contributed by atoms with Gasteiger partial charge in [0.25, 0.3) is 0 Å². The van der Waals surface area contributed by atoms with Crippen LogP contribution in [0.5, 0.6) is 0 Å². The molecule has 41 heavy (non-hydrogen) atoms. The first-order valence-corrected chi connectivity index (χ1v) is 15.8. The van der Waals surface area contributed by atoms with E-state index in [0.29, 0.717) is 18.5 Å². The molecule has 226 valence electrons. The van der Waals surface area contributed by atoms with Crippen LogP contribution in [-0.4, -0.2) is 48.3 Å². The lowest BCUT2D eigenvalue weighted by Gasteiger charge is -2.36. The molecule has 1 aliphatic heterocycles. The third-order valence-corrected chi connectivity index (χ3v) is 8.84. The number of nitrogens with two attached hydrogens (primary N) is 1. The predicted octanol–water partition coefficient (Wildman–Crippen LogP) is 8.75. The number of nitrogens with one attached hydrogen (secondary N) is 1. The van der Waals surface area contributed by atoms with E-state index in [1.165, 1.54) is 37.8 Å². The van der Waals surface area contributed by atoms with E-state index in [9.17, 15) is 4.39 Å². The van der Waals surface area contributed by atoms with Gasteiger partial charge in [-0.25, -0.2) is 9.40 Å². The fourth-order valence-electron chi connectivity index (χ4n) is 6.15. The van der Waals surface area contributed by atoms with E-state index >= 15 is 0 Å². The Morgan fingerprint density at radius 1 is 1.22 bits per heavy atom. The van der Waals surface area contributed by atoms with E-state index in [-0.39, 0.29) is 11.4 Å². The van der Waals surface area contributed by atoms with Crippen LogP contribution in [-0.2, 0) is 0 Å². The van der Waals surface area contributed by atoms with Gasteiger partial charge in [-0.3, -0.25) is 10.4 Å². The van der Waals surface area contributed by atoms with Crippen LogP contribution in [0, 0.1) is 5.92 Å². The van der Waals surface area contributed by atoms with Crippen LogP contribution in [0.1, 0.15) is 97.0 Å². The first-order chi connectivity index (χ1) is 19.8. The van der Waals surface area contributed by atoms with E-state index in [2.05, 4.69) is 80.1 Å². The zero-order valence-corrected chi connectivity index (χ0v) is 26.3. The Hall–Kier alpha value is -2.70. The number of anilines is 1. The highest BCUT2D eigenvalue weighted by Gasteiger charge is 2.39. The average Bonchev–Trinajstić information content (AvgIpc) is 3.41. The fourth-order valence-corrected chi connectivity index (χ4v) is 6.15. The Balaban J connectivity index is 1.80. The van der Waals surface area contributed by atoms with Crippen molar-refractivity contribution in [3.63, 3.8) is 0 Å². The monoisotopic (exact) mass is 563 g/mol. The lowest BCUT2D eigenvalue weighted by molar-refractivity contribution is 0.125. The molecule has 3 N–H and O–H groups in total. The summed E-state index contributed by atoms with van der Waals surface area (Å²) in [6.07, 6.45) is 19.2. The number of unbranched alkanes of at least 4 members (excludes halogenated alkanes) is 2. The van der Waals surface area contributed by atoms with Gasteiger partial charge in [0.05, 0.1) is 16.9 Å². The summed E-state index contributed by atoms with van der Waals surface area (Å²) in [7, 11) is 4.03. The van der Waals surface area contributed by atoms with E-state index < -0.39 is 0 Å². The third-order valence-electron chi connectivity index (χ3n) is 8.84. The fraction of sp³-hybridized carbons (Fsp3) is 0.571. The molecule has 0 amide bonds. The van der Waals surface area contributed by atoms with Crippen molar-refractivity contribution < 1.29 is 4.39 Å². The summed E-state index contributed by atoms with van der Waals surface area (Å²) in [5, 5.41) is 2.16. The van der Waals surface area contributed by atoms with Gasteiger partial charge in [0.1, 0.15) is 5.83 Å². The number of hydrogen-bond acceptors (Lipinski definition) is 5. The van der Waals surface area contributed by atoms with E-state index in [0.717, 1.165) is 67.2 Å². The van der Waals surface area contributed by atoms with Crippen molar-refractivity contribution >= 4 is 22.8 Å². The Labute approximate surface area is 249 Å². The molecule has 1 saturated heterocycles. The van der Waals surface area contributed by atoms with Gasteiger partial charge in [0.15, 0.2) is 0 Å². The summed E-state index contributed by atoms with van der Waals surface area (Å²) in [5.74, 6) is 0.741. The Kier molecular flexibility index (Phi) is 12.9. The Bertz CT molecular complexity index is 1130. The number of benzene rings is 1. The van der Waals surface area contributed by atoms with Crippen molar-refractivity contribution in [3.8, 4) is 0 Å². The Morgan fingerprint density at radius 2 is 2.02 bits per heavy atom. The summed E-state index contributed by atoms with van der Waals surface area (Å²) in [6, 6.07) is 6.27. The predicted molar refractivity (Wildman–Crippen MR) is 176 cm³/mol. The van der Waals surface area contributed by atoms with Crippen molar-refractivity contribution in [2.24, 2.45) is 10.9 Å². The molecule has 3 rings (SSSR count). The van der Waals surface area contributed by atoms with Gasteiger partial charge >= 0.3 is 0 Å². The van der Waals surface area contributed by atoms with Crippen LogP contribution in [0.15, 0.2) is 65.5 Å². The number of hydrogen-bond donors (Lipinski definition) is 2. The van der Waals surface area contributed by atoms with Crippen LogP contribution in [0.4, 0.5) is 15.8 Å². The number of likely N-dealkylation sites (tertiary alicyclic amines) is 1. The highest BCUT2D eigenvalue weighted by atomic mass is 19.1. The van der Waals surface area contributed by atoms with Crippen molar-refractivity contribution in [2.45, 2.75) is 96.9 Å². The van der Waals surface area contributed by atoms with Crippen LogP contribution in [0.25, 0.3) is 5.70 Å². The van der Waals surface area contributed by atoms with Crippen molar-refractivity contribution in [2.75, 3.05) is 32.9 Å². The molecule has 1 aromatic carbocycles. The van der Waals surface area contributed by atoms with E-state index in [1.54, 1.807) is 6.08 Å². The SMILES string of the molecule is C=CC1(N(C)NC)CCN(/C(=C\CC)c2ccc(N=C(CCCCCC(C)CCC)C3=CC=C(F)CC3)c(N)c2)C1. The minimum atomic E-state index is -0.123. The summed E-state index contributed by atoms with van der Waals surface area (Å²) < 4.78 is 13.8. The summed E-state index contributed by atoms with van der Waals surface area (Å²) in [5.41, 5.74) is 15.8. The number of nitrogen functional groups attached to an aromatic ring is 1. The molecule has 1 heterocycles. The third kappa shape index (κ3) is 8.89. The van der Waals surface area contributed by atoms with Gasteiger partial charge in [-0.05, 0) is 74.4 Å². The molecule has 2 unspecified atom stereocenters. The maximum Gasteiger partial charge on any atom is 0.100 e. The number of allylic oxidation sites excluding steroid dienone is 5. The van der Waals surface area contributed by atoms with Gasteiger partial charge in [-0.15, -0.1) is 6.58 Å².